The Balaban J connectivity index is 1.64. The van der Waals surface area contributed by atoms with Crippen LogP contribution in [0.25, 0.3) is 0 Å². The molecule has 3 heteroatoms. The van der Waals surface area contributed by atoms with Crippen LogP contribution in [0.2, 0.25) is 0 Å². The molecule has 0 amide bonds. The van der Waals surface area contributed by atoms with Gasteiger partial charge in [0.1, 0.15) is 0 Å². The minimum Gasteiger partial charge on any atom is -0.326 e. The molecular weight excluding hydrogens is 210 g/mol. The second kappa shape index (κ2) is 5.68. The Labute approximate surface area is 106 Å². The fraction of sp³-hybridized carbons (Fsp3) is 1.00. The third-order valence-electron chi connectivity index (χ3n) is 4.20. The van der Waals surface area contributed by atoms with Crippen molar-refractivity contribution >= 4 is 0 Å². The van der Waals surface area contributed by atoms with Crippen LogP contribution in [0.1, 0.15) is 46.0 Å². The summed E-state index contributed by atoms with van der Waals surface area (Å²) in [6, 6.07) is 0.850. The number of nitrogens with two attached hydrogens (primary N) is 1. The zero-order valence-electron chi connectivity index (χ0n) is 11.6. The van der Waals surface area contributed by atoms with Gasteiger partial charge in [-0.3, -0.25) is 4.90 Å². The summed E-state index contributed by atoms with van der Waals surface area (Å²) < 4.78 is 0. The van der Waals surface area contributed by atoms with Gasteiger partial charge >= 0.3 is 0 Å². The predicted molar refractivity (Wildman–Crippen MR) is 73.2 cm³/mol. The number of hydrogen-bond acceptors (Lipinski definition) is 3. The van der Waals surface area contributed by atoms with Crippen LogP contribution in [0.5, 0.6) is 0 Å². The molecule has 3 nitrogen and oxygen atoms in total. The maximum Gasteiger partial charge on any atom is 0.0235 e. The van der Waals surface area contributed by atoms with E-state index < -0.39 is 0 Å². The average molecular weight is 239 g/mol. The highest BCUT2D eigenvalue weighted by atomic mass is 15.3. The Bertz CT molecular complexity index is 228. The van der Waals surface area contributed by atoms with Crippen molar-refractivity contribution < 1.29 is 0 Å². The third-order valence-corrected chi connectivity index (χ3v) is 4.20. The minimum atomic E-state index is 0.00801. The van der Waals surface area contributed by atoms with E-state index in [2.05, 4.69) is 23.6 Å². The molecule has 0 bridgehead atoms. The van der Waals surface area contributed by atoms with E-state index in [-0.39, 0.29) is 5.54 Å². The van der Waals surface area contributed by atoms with Crippen molar-refractivity contribution in [3.63, 3.8) is 0 Å². The molecule has 2 heterocycles. The fourth-order valence-electron chi connectivity index (χ4n) is 3.18. The van der Waals surface area contributed by atoms with Gasteiger partial charge in [-0.05, 0) is 72.1 Å². The first-order chi connectivity index (χ1) is 8.04. The molecule has 1 atom stereocenters. The molecule has 0 aliphatic carbocycles. The number of rotatable bonds is 5. The van der Waals surface area contributed by atoms with Gasteiger partial charge in [0.2, 0.25) is 0 Å². The lowest BCUT2D eigenvalue weighted by molar-refractivity contribution is 0.229. The zero-order valence-corrected chi connectivity index (χ0v) is 11.6. The van der Waals surface area contributed by atoms with Crippen LogP contribution in [-0.2, 0) is 0 Å². The van der Waals surface area contributed by atoms with Crippen molar-refractivity contribution in [1.29, 1.82) is 0 Å². The van der Waals surface area contributed by atoms with E-state index in [0.717, 1.165) is 12.5 Å². The molecule has 100 valence electrons. The quantitative estimate of drug-likeness (QED) is 0.792. The zero-order chi connectivity index (χ0) is 12.3. The lowest BCUT2D eigenvalue weighted by atomic mass is 10.0. The summed E-state index contributed by atoms with van der Waals surface area (Å²) in [4.78, 5) is 5.33. The largest absolute Gasteiger partial charge is 0.326 e. The molecule has 0 aromatic heterocycles. The van der Waals surface area contributed by atoms with Gasteiger partial charge in [0.05, 0.1) is 0 Å². The van der Waals surface area contributed by atoms with E-state index in [9.17, 15) is 0 Å². The molecule has 0 spiro atoms. The first kappa shape index (κ1) is 13.3. The van der Waals surface area contributed by atoms with Gasteiger partial charge in [-0.25, -0.2) is 0 Å². The molecule has 2 aliphatic rings. The number of nitrogens with zero attached hydrogens (tertiary/aromatic N) is 2. The van der Waals surface area contributed by atoms with Crippen molar-refractivity contribution in [1.82, 2.24) is 9.80 Å². The van der Waals surface area contributed by atoms with Gasteiger partial charge in [0.15, 0.2) is 0 Å². The molecule has 0 saturated carbocycles. The van der Waals surface area contributed by atoms with E-state index in [0.29, 0.717) is 0 Å². The SMILES string of the molecule is CC(C)(N)CCCN1CCC(N2CCCC2)C1. The average Bonchev–Trinajstić information content (AvgIpc) is 2.83. The number of hydrogen-bond donors (Lipinski definition) is 1. The van der Waals surface area contributed by atoms with E-state index in [4.69, 9.17) is 5.73 Å². The molecule has 2 rings (SSSR count). The molecule has 2 aliphatic heterocycles. The molecule has 2 fully saturated rings. The first-order valence-corrected chi connectivity index (χ1v) is 7.30. The fourth-order valence-corrected chi connectivity index (χ4v) is 3.18. The van der Waals surface area contributed by atoms with Crippen LogP contribution in [0, 0.1) is 0 Å². The van der Waals surface area contributed by atoms with E-state index >= 15 is 0 Å². The van der Waals surface area contributed by atoms with Crippen LogP contribution in [-0.4, -0.2) is 54.1 Å². The van der Waals surface area contributed by atoms with Crippen LogP contribution in [0.15, 0.2) is 0 Å². The van der Waals surface area contributed by atoms with Crippen LogP contribution in [0.3, 0.4) is 0 Å². The van der Waals surface area contributed by atoms with Crippen molar-refractivity contribution in [3.8, 4) is 0 Å². The minimum absolute atomic E-state index is 0.00801. The summed E-state index contributed by atoms with van der Waals surface area (Å²) in [5.74, 6) is 0. The Morgan fingerprint density at radius 3 is 2.53 bits per heavy atom. The molecule has 0 aromatic carbocycles. The van der Waals surface area contributed by atoms with Gasteiger partial charge < -0.3 is 10.6 Å². The molecular formula is C14H29N3. The molecule has 2 N–H and O–H groups in total. The third kappa shape index (κ3) is 4.23. The summed E-state index contributed by atoms with van der Waals surface area (Å²) in [6.07, 6.45) is 6.59. The highest BCUT2D eigenvalue weighted by molar-refractivity contribution is 4.85. The van der Waals surface area contributed by atoms with Gasteiger partial charge in [0.25, 0.3) is 0 Å². The molecule has 17 heavy (non-hydrogen) atoms. The second-order valence-electron chi connectivity index (χ2n) is 6.58. The van der Waals surface area contributed by atoms with E-state index in [1.54, 1.807) is 0 Å². The molecule has 1 unspecified atom stereocenters. The van der Waals surface area contributed by atoms with Gasteiger partial charge in [-0.15, -0.1) is 0 Å². The van der Waals surface area contributed by atoms with E-state index in [1.807, 2.05) is 0 Å². The molecule has 2 saturated heterocycles. The molecule has 0 radical (unpaired) electrons. The van der Waals surface area contributed by atoms with Crippen LogP contribution in [0.4, 0.5) is 0 Å². The first-order valence-electron chi connectivity index (χ1n) is 7.30. The lowest BCUT2D eigenvalue weighted by Crippen LogP contribution is -2.36. The van der Waals surface area contributed by atoms with Gasteiger partial charge in [0, 0.05) is 18.1 Å². The maximum atomic E-state index is 6.02. The van der Waals surface area contributed by atoms with Gasteiger partial charge in [-0.1, -0.05) is 0 Å². The summed E-state index contributed by atoms with van der Waals surface area (Å²) in [5.41, 5.74) is 6.03. The van der Waals surface area contributed by atoms with Crippen molar-refractivity contribution in [3.05, 3.63) is 0 Å². The smallest absolute Gasteiger partial charge is 0.0235 e. The Morgan fingerprint density at radius 2 is 1.88 bits per heavy atom. The van der Waals surface area contributed by atoms with Crippen molar-refractivity contribution in [2.24, 2.45) is 5.73 Å². The van der Waals surface area contributed by atoms with Crippen LogP contribution >= 0.6 is 0 Å². The monoisotopic (exact) mass is 239 g/mol. The molecule has 0 aromatic rings. The Kier molecular flexibility index (Phi) is 4.45. The summed E-state index contributed by atoms with van der Waals surface area (Å²) >= 11 is 0. The highest BCUT2D eigenvalue weighted by Crippen LogP contribution is 2.21. The van der Waals surface area contributed by atoms with Crippen molar-refractivity contribution in [2.45, 2.75) is 57.5 Å². The van der Waals surface area contributed by atoms with Gasteiger partial charge in [-0.2, -0.15) is 0 Å². The second-order valence-corrected chi connectivity index (χ2v) is 6.58. The summed E-state index contributed by atoms with van der Waals surface area (Å²) in [7, 11) is 0. The van der Waals surface area contributed by atoms with Crippen molar-refractivity contribution in [2.75, 3.05) is 32.7 Å². The normalized spacial score (nSPS) is 28.1. The lowest BCUT2D eigenvalue weighted by Gasteiger charge is -2.24. The Hall–Kier alpha value is -0.120. The predicted octanol–water partition coefficient (Wildman–Crippen LogP) is 1.67. The van der Waals surface area contributed by atoms with E-state index in [1.165, 1.54) is 58.4 Å². The summed E-state index contributed by atoms with van der Waals surface area (Å²) in [5, 5.41) is 0. The maximum absolute atomic E-state index is 6.02. The summed E-state index contributed by atoms with van der Waals surface area (Å²) in [6.45, 7) is 10.8. The topological polar surface area (TPSA) is 32.5 Å². The van der Waals surface area contributed by atoms with Crippen LogP contribution < -0.4 is 5.73 Å². The Morgan fingerprint density at radius 1 is 1.18 bits per heavy atom. The number of likely N-dealkylation sites (tertiary alicyclic amines) is 2. The highest BCUT2D eigenvalue weighted by Gasteiger charge is 2.28. The standard InChI is InChI=1S/C14H29N3/c1-14(2,15)7-5-8-16-11-6-13(12-16)17-9-3-4-10-17/h13H,3-12,15H2,1-2H3.